The summed E-state index contributed by atoms with van der Waals surface area (Å²) in [6.45, 7) is -0.253. The highest BCUT2D eigenvalue weighted by Gasteiger charge is 2.23. The fraction of sp³-hybridized carbons (Fsp3) is 0.364. The lowest BCUT2D eigenvalue weighted by Gasteiger charge is -2.13. The number of Topliss-reactive ketones (excluding diaryl/α,β-unsaturated/α-hetero) is 1. The maximum absolute atomic E-state index is 11.6. The number of benzene rings is 1. The van der Waals surface area contributed by atoms with Gasteiger partial charge in [-0.15, -0.1) is 0 Å². The number of aromatic hydroxyl groups is 2. The van der Waals surface area contributed by atoms with Gasteiger partial charge in [0.05, 0.1) is 14.2 Å². The Hall–Kier alpha value is -1.95. The van der Waals surface area contributed by atoms with Gasteiger partial charge >= 0.3 is 0 Å². The van der Waals surface area contributed by atoms with Gasteiger partial charge in [-0.05, 0) is 0 Å². The third kappa shape index (κ3) is 2.42. The first-order valence-electron chi connectivity index (χ1n) is 4.75. The molecule has 1 rings (SSSR count). The number of rotatable bonds is 5. The van der Waals surface area contributed by atoms with Crippen LogP contribution in [0.2, 0.25) is 0 Å². The van der Waals surface area contributed by atoms with Crippen LogP contribution in [0.5, 0.6) is 23.0 Å². The molecule has 6 nitrogen and oxygen atoms in total. The molecule has 0 saturated carbocycles. The maximum Gasteiger partial charge on any atom is 0.204 e. The van der Waals surface area contributed by atoms with Crippen LogP contribution in [0.15, 0.2) is 6.07 Å². The minimum absolute atomic E-state index is 0.00949. The number of carbonyl (C=O) groups is 1. The molecule has 0 spiro atoms. The summed E-state index contributed by atoms with van der Waals surface area (Å²) in [5.41, 5.74) is -0.246. The highest BCUT2D eigenvalue weighted by Crippen LogP contribution is 2.43. The molecule has 0 atom stereocenters. The minimum atomic E-state index is -0.552. The Labute approximate surface area is 98.3 Å². The van der Waals surface area contributed by atoms with Crippen molar-refractivity contribution >= 4 is 5.78 Å². The van der Waals surface area contributed by atoms with Gasteiger partial charge in [0.25, 0.3) is 0 Å². The first-order chi connectivity index (χ1) is 8.06. The van der Waals surface area contributed by atoms with Crippen molar-refractivity contribution in [2.45, 2.75) is 0 Å². The van der Waals surface area contributed by atoms with Crippen molar-refractivity contribution in [1.82, 2.24) is 0 Å². The van der Waals surface area contributed by atoms with Crippen LogP contribution in [-0.4, -0.2) is 43.9 Å². The van der Waals surface area contributed by atoms with E-state index in [1.807, 2.05) is 0 Å². The summed E-state index contributed by atoms with van der Waals surface area (Å²) in [6.07, 6.45) is 0. The minimum Gasteiger partial charge on any atom is -0.507 e. The quantitative estimate of drug-likeness (QED) is 0.747. The lowest BCUT2D eigenvalue weighted by molar-refractivity contribution is 0.0841. The molecule has 0 aliphatic rings. The molecule has 0 radical (unpaired) electrons. The molecule has 1 aromatic rings. The Morgan fingerprint density at radius 3 is 2.35 bits per heavy atom. The van der Waals surface area contributed by atoms with Crippen LogP contribution in [0.4, 0.5) is 0 Å². The van der Waals surface area contributed by atoms with Crippen molar-refractivity contribution in [3.63, 3.8) is 0 Å². The molecule has 0 bridgehead atoms. The summed E-state index contributed by atoms with van der Waals surface area (Å²) in [6, 6.07) is 1.20. The fourth-order valence-corrected chi connectivity index (χ4v) is 1.44. The van der Waals surface area contributed by atoms with Crippen LogP contribution in [0.1, 0.15) is 10.4 Å². The summed E-state index contributed by atoms with van der Waals surface area (Å²) in [5.74, 6) is -1.28. The van der Waals surface area contributed by atoms with E-state index in [9.17, 15) is 15.0 Å². The molecule has 1 aromatic carbocycles. The van der Waals surface area contributed by atoms with Crippen molar-refractivity contribution in [3.8, 4) is 23.0 Å². The summed E-state index contributed by atoms with van der Waals surface area (Å²) < 4.78 is 14.5. The number of phenols is 2. The molecule has 0 unspecified atom stereocenters. The Morgan fingerprint density at radius 2 is 1.88 bits per heavy atom. The van der Waals surface area contributed by atoms with Gasteiger partial charge in [0.1, 0.15) is 17.9 Å². The van der Waals surface area contributed by atoms with E-state index in [4.69, 9.17) is 9.47 Å². The largest absolute Gasteiger partial charge is 0.507 e. The van der Waals surface area contributed by atoms with Gasteiger partial charge in [0, 0.05) is 13.2 Å². The molecule has 0 aromatic heterocycles. The topological polar surface area (TPSA) is 85.2 Å². The molecule has 0 fully saturated rings. The molecule has 17 heavy (non-hydrogen) atoms. The van der Waals surface area contributed by atoms with Gasteiger partial charge in [0.15, 0.2) is 17.3 Å². The maximum atomic E-state index is 11.6. The molecule has 0 aliphatic heterocycles. The zero-order chi connectivity index (χ0) is 13.0. The standard InChI is InChI=1S/C11H14O6/c1-15-5-7(13)9-6(12)4-8(16-2)11(17-3)10(9)14/h4,12,14H,5H2,1-3H3. The highest BCUT2D eigenvalue weighted by molar-refractivity contribution is 6.03. The Balaban J connectivity index is 3.36. The molecule has 0 heterocycles. The highest BCUT2D eigenvalue weighted by atomic mass is 16.5. The second-order valence-corrected chi connectivity index (χ2v) is 3.21. The second kappa shape index (κ2) is 5.40. The molecule has 0 saturated heterocycles. The van der Waals surface area contributed by atoms with E-state index >= 15 is 0 Å². The lowest BCUT2D eigenvalue weighted by atomic mass is 10.1. The first kappa shape index (κ1) is 13.1. The molecule has 94 valence electrons. The van der Waals surface area contributed by atoms with Gasteiger partial charge in [-0.25, -0.2) is 0 Å². The van der Waals surface area contributed by atoms with Crippen LogP contribution in [0.3, 0.4) is 0 Å². The molecule has 0 amide bonds. The molecular formula is C11H14O6. The molecular weight excluding hydrogens is 228 g/mol. The monoisotopic (exact) mass is 242 g/mol. The number of ketones is 1. The van der Waals surface area contributed by atoms with E-state index in [1.165, 1.54) is 27.4 Å². The SMILES string of the molecule is COCC(=O)c1c(O)cc(OC)c(OC)c1O. The Morgan fingerprint density at radius 1 is 1.24 bits per heavy atom. The summed E-state index contributed by atoms with van der Waals surface area (Å²) in [7, 11) is 4.01. The number of hydrogen-bond donors (Lipinski definition) is 2. The Kier molecular flexibility index (Phi) is 4.17. The van der Waals surface area contributed by atoms with E-state index in [0.717, 1.165) is 0 Å². The van der Waals surface area contributed by atoms with Crippen molar-refractivity contribution in [3.05, 3.63) is 11.6 Å². The Bertz CT molecular complexity index is 426. The smallest absolute Gasteiger partial charge is 0.204 e. The van der Waals surface area contributed by atoms with E-state index in [0.29, 0.717) is 0 Å². The van der Waals surface area contributed by atoms with Crippen LogP contribution < -0.4 is 9.47 Å². The van der Waals surface area contributed by atoms with Gasteiger partial charge in [-0.1, -0.05) is 0 Å². The average Bonchev–Trinajstić information content (AvgIpc) is 2.28. The second-order valence-electron chi connectivity index (χ2n) is 3.21. The van der Waals surface area contributed by atoms with Gasteiger partial charge in [-0.2, -0.15) is 0 Å². The predicted molar refractivity (Wildman–Crippen MR) is 59.1 cm³/mol. The molecule has 2 N–H and O–H groups in total. The summed E-state index contributed by atoms with van der Waals surface area (Å²) in [5, 5.41) is 19.5. The van der Waals surface area contributed by atoms with Crippen molar-refractivity contribution in [1.29, 1.82) is 0 Å². The van der Waals surface area contributed by atoms with Crippen LogP contribution in [0.25, 0.3) is 0 Å². The molecule has 6 heteroatoms. The van der Waals surface area contributed by atoms with Crippen LogP contribution in [0, 0.1) is 0 Å². The van der Waals surface area contributed by atoms with Crippen LogP contribution in [-0.2, 0) is 4.74 Å². The summed E-state index contributed by atoms with van der Waals surface area (Å²) in [4.78, 5) is 11.6. The number of ether oxygens (including phenoxy) is 3. The van der Waals surface area contributed by atoms with Gasteiger partial charge in [0.2, 0.25) is 5.75 Å². The van der Waals surface area contributed by atoms with E-state index < -0.39 is 11.5 Å². The lowest BCUT2D eigenvalue weighted by Crippen LogP contribution is -2.08. The number of carbonyl (C=O) groups excluding carboxylic acids is 1. The number of hydrogen-bond acceptors (Lipinski definition) is 6. The summed E-state index contributed by atoms with van der Waals surface area (Å²) >= 11 is 0. The van der Waals surface area contributed by atoms with Gasteiger partial charge < -0.3 is 24.4 Å². The third-order valence-electron chi connectivity index (χ3n) is 2.18. The number of phenolic OH excluding ortho intramolecular Hbond substituents is 2. The zero-order valence-corrected chi connectivity index (χ0v) is 9.81. The van der Waals surface area contributed by atoms with Gasteiger partial charge in [-0.3, -0.25) is 4.79 Å². The predicted octanol–water partition coefficient (Wildman–Crippen LogP) is 0.944. The van der Waals surface area contributed by atoms with Crippen molar-refractivity contribution < 1.29 is 29.2 Å². The molecule has 0 aliphatic carbocycles. The van der Waals surface area contributed by atoms with E-state index in [2.05, 4.69) is 4.74 Å². The van der Waals surface area contributed by atoms with Crippen LogP contribution >= 0.6 is 0 Å². The first-order valence-corrected chi connectivity index (χ1v) is 4.75. The number of methoxy groups -OCH3 is 3. The van der Waals surface area contributed by atoms with Crippen molar-refractivity contribution in [2.24, 2.45) is 0 Å². The third-order valence-corrected chi connectivity index (χ3v) is 2.18. The fourth-order valence-electron chi connectivity index (χ4n) is 1.44. The average molecular weight is 242 g/mol. The normalized spacial score (nSPS) is 10.1. The zero-order valence-electron chi connectivity index (χ0n) is 9.81. The van der Waals surface area contributed by atoms with Crippen molar-refractivity contribution in [2.75, 3.05) is 27.9 Å². The van der Waals surface area contributed by atoms with E-state index in [1.54, 1.807) is 0 Å². The van der Waals surface area contributed by atoms with E-state index in [-0.39, 0.29) is 29.4 Å².